The molecule has 264 valence electrons. The smallest absolute Gasteiger partial charge is 0.416 e. The second-order valence-corrected chi connectivity index (χ2v) is 12.3. The lowest BCUT2D eigenvalue weighted by molar-refractivity contribution is -0.143. The predicted molar refractivity (Wildman–Crippen MR) is 172 cm³/mol. The van der Waals surface area contributed by atoms with Gasteiger partial charge in [-0.05, 0) is 90.6 Å². The number of hydrogen-bond acceptors (Lipinski definition) is 6. The van der Waals surface area contributed by atoms with Crippen molar-refractivity contribution in [1.82, 2.24) is 9.88 Å². The third kappa shape index (κ3) is 7.26. The number of hydrogen-bond donors (Lipinski definition) is 0. The number of halogens is 6. The van der Waals surface area contributed by atoms with E-state index in [4.69, 9.17) is 19.2 Å². The molecule has 1 aromatic heterocycles. The van der Waals surface area contributed by atoms with Gasteiger partial charge < -0.3 is 14.2 Å². The number of cyclic esters (lactones) is 1. The van der Waals surface area contributed by atoms with Gasteiger partial charge in [0.2, 0.25) is 0 Å². The van der Waals surface area contributed by atoms with Crippen LogP contribution in [0.5, 0.6) is 5.75 Å². The van der Waals surface area contributed by atoms with Gasteiger partial charge in [0.05, 0.1) is 49.2 Å². The Kier molecular flexibility index (Phi) is 9.91. The lowest BCUT2D eigenvalue weighted by Gasteiger charge is -2.24. The van der Waals surface area contributed by atoms with E-state index in [1.807, 2.05) is 45.0 Å². The summed E-state index contributed by atoms with van der Waals surface area (Å²) >= 11 is 0. The van der Waals surface area contributed by atoms with Gasteiger partial charge in [-0.3, -0.25) is 9.88 Å². The molecule has 1 fully saturated rings. The molecule has 0 bridgehead atoms. The second-order valence-electron chi connectivity index (χ2n) is 12.3. The molecule has 1 amide bonds. The molecule has 0 N–H and O–H groups in total. The van der Waals surface area contributed by atoms with Crippen LogP contribution in [0.4, 0.5) is 31.1 Å². The number of esters is 1. The van der Waals surface area contributed by atoms with Crippen molar-refractivity contribution in [3.8, 4) is 28.0 Å². The Morgan fingerprint density at radius 1 is 0.880 bits per heavy atom. The van der Waals surface area contributed by atoms with E-state index in [-0.39, 0.29) is 18.5 Å². The molecule has 3 aromatic carbocycles. The van der Waals surface area contributed by atoms with Crippen molar-refractivity contribution in [1.29, 1.82) is 0 Å². The summed E-state index contributed by atoms with van der Waals surface area (Å²) < 4.78 is 97.8. The maximum Gasteiger partial charge on any atom is 0.416 e. The van der Waals surface area contributed by atoms with Crippen LogP contribution in [0.15, 0.2) is 66.7 Å². The van der Waals surface area contributed by atoms with Crippen molar-refractivity contribution < 1.29 is 50.1 Å². The lowest BCUT2D eigenvalue weighted by Crippen LogP contribution is -2.32. The normalized spacial score (nSPS) is 16.5. The van der Waals surface area contributed by atoms with Crippen molar-refractivity contribution in [2.24, 2.45) is 0 Å². The average Bonchev–Trinajstić information content (AvgIpc) is 3.35. The van der Waals surface area contributed by atoms with Crippen LogP contribution in [-0.2, 0) is 28.4 Å². The Morgan fingerprint density at radius 2 is 1.52 bits per heavy atom. The van der Waals surface area contributed by atoms with Crippen LogP contribution in [0.1, 0.15) is 76.8 Å². The first-order chi connectivity index (χ1) is 23.4. The topological polar surface area (TPSA) is 78.0 Å². The molecule has 50 heavy (non-hydrogen) atoms. The molecule has 2 atom stereocenters. The van der Waals surface area contributed by atoms with Crippen LogP contribution in [0, 0.1) is 6.92 Å². The molecule has 13 heteroatoms. The Morgan fingerprint density at radius 3 is 2.08 bits per heavy atom. The number of carbonyl (C=O) groups excluding carboxylic acids is 2. The molecule has 0 spiro atoms. The number of carbonyl (C=O) groups is 2. The summed E-state index contributed by atoms with van der Waals surface area (Å²) in [5.74, 6) is -0.00751. The minimum absolute atomic E-state index is 0.0198. The van der Waals surface area contributed by atoms with Crippen molar-refractivity contribution in [3.63, 3.8) is 0 Å². The zero-order valence-corrected chi connectivity index (χ0v) is 28.0. The number of rotatable bonds is 8. The zero-order chi connectivity index (χ0) is 36.7. The molecular formula is C37H34F6N2O5. The number of ether oxygens (including phenoxy) is 3. The van der Waals surface area contributed by atoms with E-state index in [1.165, 1.54) is 26.0 Å². The first-order valence-corrected chi connectivity index (χ1v) is 15.6. The molecule has 0 radical (unpaired) electrons. The van der Waals surface area contributed by atoms with E-state index < -0.39 is 53.3 Å². The highest BCUT2D eigenvalue weighted by molar-refractivity contribution is 5.91. The summed E-state index contributed by atoms with van der Waals surface area (Å²) in [7, 11) is 2.80. The van der Waals surface area contributed by atoms with Crippen LogP contribution in [-0.4, -0.2) is 42.2 Å². The van der Waals surface area contributed by atoms with Gasteiger partial charge in [0.1, 0.15) is 11.9 Å². The largest absolute Gasteiger partial charge is 0.496 e. The van der Waals surface area contributed by atoms with Gasteiger partial charge >= 0.3 is 24.4 Å². The number of aromatic nitrogens is 1. The molecule has 1 saturated heterocycles. The van der Waals surface area contributed by atoms with Crippen LogP contribution in [0.25, 0.3) is 22.3 Å². The van der Waals surface area contributed by atoms with Crippen molar-refractivity contribution in [3.05, 3.63) is 106 Å². The lowest BCUT2D eigenvalue weighted by atomic mass is 9.93. The molecule has 0 aliphatic carbocycles. The number of benzene rings is 3. The average molecular weight is 701 g/mol. The van der Waals surface area contributed by atoms with Crippen molar-refractivity contribution >= 4 is 12.1 Å². The number of nitrogens with zero attached hydrogens (tertiary/aromatic N) is 2. The molecule has 1 aliphatic rings. The molecule has 2 heterocycles. The molecule has 1 unspecified atom stereocenters. The predicted octanol–water partition coefficient (Wildman–Crippen LogP) is 9.76. The Labute approximate surface area is 284 Å². The number of amides is 1. The Balaban J connectivity index is 1.57. The standard InChI is InChI=1S/C37H34F6N2O5/c1-19(2)30-11-10-28(29-16-22(8-12-32(29)48-5)27-9-7-23(13-20(27)3)34(46)49-6)31(44-30)18-45-21(4)33(50-35(45)47)24-14-25(36(38,39)40)17-26(15-24)37(41,42)43/h7-17,19,21,33H,18H2,1-6H3/t21-,33?/m0/s1. The first kappa shape index (κ1) is 36.2. The molecule has 1 aliphatic heterocycles. The quantitative estimate of drug-likeness (QED) is 0.135. The minimum Gasteiger partial charge on any atom is -0.496 e. The van der Waals surface area contributed by atoms with E-state index in [0.717, 1.165) is 16.7 Å². The van der Waals surface area contributed by atoms with Gasteiger partial charge in [-0.2, -0.15) is 26.3 Å². The van der Waals surface area contributed by atoms with Crippen LogP contribution in [0.2, 0.25) is 0 Å². The van der Waals surface area contributed by atoms with E-state index >= 15 is 0 Å². The van der Waals surface area contributed by atoms with Gasteiger partial charge in [0, 0.05) is 16.8 Å². The summed E-state index contributed by atoms with van der Waals surface area (Å²) in [6, 6.07) is 14.6. The molecule has 4 aromatic rings. The fourth-order valence-electron chi connectivity index (χ4n) is 5.99. The van der Waals surface area contributed by atoms with Gasteiger partial charge in [0.25, 0.3) is 0 Å². The monoisotopic (exact) mass is 700 g/mol. The summed E-state index contributed by atoms with van der Waals surface area (Å²) in [5, 5.41) is 0. The molecule has 5 rings (SSSR count). The maximum absolute atomic E-state index is 13.6. The summed E-state index contributed by atoms with van der Waals surface area (Å²) in [5.41, 5.74) is 1.68. The van der Waals surface area contributed by atoms with E-state index in [9.17, 15) is 35.9 Å². The van der Waals surface area contributed by atoms with Gasteiger partial charge in [0.15, 0.2) is 0 Å². The Hall–Kier alpha value is -5.07. The second kappa shape index (κ2) is 13.7. The highest BCUT2D eigenvalue weighted by atomic mass is 19.4. The number of alkyl halides is 6. The zero-order valence-electron chi connectivity index (χ0n) is 28.0. The maximum atomic E-state index is 13.6. The summed E-state index contributed by atoms with van der Waals surface area (Å²) in [6.07, 6.45) is -12.5. The van der Waals surface area contributed by atoms with E-state index in [2.05, 4.69) is 0 Å². The molecule has 7 nitrogen and oxygen atoms in total. The number of methoxy groups -OCH3 is 2. The van der Waals surface area contributed by atoms with Gasteiger partial charge in [-0.15, -0.1) is 0 Å². The van der Waals surface area contributed by atoms with E-state index in [0.29, 0.717) is 46.0 Å². The SMILES string of the molecule is COC(=O)c1ccc(-c2ccc(OC)c(-c3ccc(C(C)C)nc3CN3C(=O)OC(c4cc(C(F)(F)F)cc(C(F)(F)F)c4)[C@@H]3C)c2)c(C)c1. The third-order valence-electron chi connectivity index (χ3n) is 8.69. The number of aryl methyl sites for hydroxylation is 1. The van der Waals surface area contributed by atoms with Crippen LogP contribution in [0.3, 0.4) is 0 Å². The van der Waals surface area contributed by atoms with Crippen LogP contribution < -0.4 is 4.74 Å². The molecular weight excluding hydrogens is 666 g/mol. The fraction of sp³-hybridized carbons (Fsp3) is 0.324. The highest BCUT2D eigenvalue weighted by Gasteiger charge is 2.43. The van der Waals surface area contributed by atoms with E-state index in [1.54, 1.807) is 24.3 Å². The fourth-order valence-corrected chi connectivity index (χ4v) is 5.99. The third-order valence-corrected chi connectivity index (χ3v) is 8.69. The van der Waals surface area contributed by atoms with Crippen LogP contribution >= 0.6 is 0 Å². The van der Waals surface area contributed by atoms with Crippen molar-refractivity contribution in [2.45, 2.75) is 64.7 Å². The minimum atomic E-state index is -5.06. The summed E-state index contributed by atoms with van der Waals surface area (Å²) in [4.78, 5) is 31.4. The number of pyridine rings is 1. The van der Waals surface area contributed by atoms with Gasteiger partial charge in [-0.1, -0.05) is 32.0 Å². The Bertz CT molecular complexity index is 1910. The van der Waals surface area contributed by atoms with Crippen molar-refractivity contribution in [2.75, 3.05) is 14.2 Å². The van der Waals surface area contributed by atoms with Gasteiger partial charge in [-0.25, -0.2) is 9.59 Å². The molecule has 0 saturated carbocycles. The first-order valence-electron chi connectivity index (χ1n) is 15.6. The highest BCUT2D eigenvalue weighted by Crippen LogP contribution is 2.42. The summed E-state index contributed by atoms with van der Waals surface area (Å²) in [6.45, 7) is 7.05.